The highest BCUT2D eigenvalue weighted by Gasteiger charge is 2.17. The number of nitrogens with one attached hydrogen (secondary N) is 1. The van der Waals surface area contributed by atoms with Crippen LogP contribution in [0.1, 0.15) is 41.0 Å². The minimum Gasteiger partial charge on any atom is -0.461 e. The number of hydrogen-bond acceptors (Lipinski definition) is 7. The first-order valence-corrected chi connectivity index (χ1v) is 6.76. The zero-order valence-corrected chi connectivity index (χ0v) is 12.8. The van der Waals surface area contributed by atoms with E-state index in [0.717, 1.165) is 0 Å². The summed E-state index contributed by atoms with van der Waals surface area (Å²) in [5, 5.41) is 12.9. The van der Waals surface area contributed by atoms with E-state index in [1.54, 1.807) is 0 Å². The minimum absolute atomic E-state index is 0.0452. The molecule has 0 aliphatic rings. The van der Waals surface area contributed by atoms with E-state index in [1.165, 1.54) is 0 Å². The van der Waals surface area contributed by atoms with Crippen LogP contribution < -0.4 is 15.8 Å². The molecule has 1 rings (SSSR count). The Hall–Kier alpha value is -1.63. The molecule has 114 valence electrons. The Morgan fingerprint density at radius 2 is 1.90 bits per heavy atom. The number of aliphatic hydroxyl groups is 1. The van der Waals surface area contributed by atoms with Crippen molar-refractivity contribution in [1.29, 1.82) is 0 Å². The number of nitrogen functional groups attached to an aromatic ring is 1. The normalized spacial score (nSPS) is 13.3. The van der Waals surface area contributed by atoms with Crippen molar-refractivity contribution in [3.63, 3.8) is 0 Å². The molecule has 20 heavy (non-hydrogen) atoms. The van der Waals surface area contributed by atoms with Gasteiger partial charge < -0.3 is 20.9 Å². The van der Waals surface area contributed by atoms with Crippen LogP contribution in [0.2, 0.25) is 0 Å². The van der Waals surface area contributed by atoms with Crippen LogP contribution in [0.3, 0.4) is 0 Å². The van der Waals surface area contributed by atoms with Gasteiger partial charge in [0.05, 0.1) is 12.2 Å². The van der Waals surface area contributed by atoms with Crippen LogP contribution in [0, 0.1) is 5.41 Å². The largest absolute Gasteiger partial charge is 0.461 e. The number of hydrogen-bond donors (Lipinski definition) is 3. The van der Waals surface area contributed by atoms with Gasteiger partial charge in [-0.1, -0.05) is 20.8 Å². The van der Waals surface area contributed by atoms with Crippen LogP contribution >= 0.6 is 0 Å². The summed E-state index contributed by atoms with van der Waals surface area (Å²) in [5.74, 6) is 0.393. The molecule has 7 heteroatoms. The molecule has 1 unspecified atom stereocenters. The van der Waals surface area contributed by atoms with Gasteiger partial charge in [-0.05, 0) is 25.7 Å². The summed E-state index contributed by atoms with van der Waals surface area (Å²) in [7, 11) is 0. The summed E-state index contributed by atoms with van der Waals surface area (Å²) in [5.41, 5.74) is 5.66. The Morgan fingerprint density at radius 3 is 2.45 bits per heavy atom. The van der Waals surface area contributed by atoms with Gasteiger partial charge in [-0.3, -0.25) is 0 Å². The molecule has 0 saturated heterocycles. The fraction of sp³-hybridized carbons (Fsp3) is 0.769. The highest BCUT2D eigenvalue weighted by Crippen LogP contribution is 2.20. The zero-order chi connectivity index (χ0) is 15.3. The van der Waals surface area contributed by atoms with E-state index in [-0.39, 0.29) is 23.5 Å². The van der Waals surface area contributed by atoms with Crippen LogP contribution in [0.25, 0.3) is 0 Å². The lowest BCUT2D eigenvalue weighted by Crippen LogP contribution is -2.26. The average Bonchev–Trinajstić information content (AvgIpc) is 2.22. The molecule has 0 radical (unpaired) electrons. The Labute approximate surface area is 120 Å². The van der Waals surface area contributed by atoms with Crippen LogP contribution in [-0.2, 0) is 0 Å². The Balaban J connectivity index is 2.61. The molecule has 0 spiro atoms. The summed E-state index contributed by atoms with van der Waals surface area (Å²) in [6, 6.07) is 0.181. The van der Waals surface area contributed by atoms with Gasteiger partial charge in [-0.15, -0.1) is 0 Å². The molecule has 4 N–H and O–H groups in total. The van der Waals surface area contributed by atoms with Crippen LogP contribution in [0.4, 0.5) is 11.9 Å². The third-order valence-electron chi connectivity index (χ3n) is 2.32. The van der Waals surface area contributed by atoms with E-state index >= 15 is 0 Å². The van der Waals surface area contributed by atoms with Gasteiger partial charge in [0, 0.05) is 6.54 Å². The predicted molar refractivity (Wildman–Crippen MR) is 78.6 cm³/mol. The second-order valence-corrected chi connectivity index (χ2v) is 6.27. The molecule has 7 nitrogen and oxygen atoms in total. The number of nitrogens with zero attached hydrogens (tertiary/aromatic N) is 3. The molecule has 0 bridgehead atoms. The third kappa shape index (κ3) is 6.51. The number of aliphatic hydroxyl groups excluding tert-OH is 1. The summed E-state index contributed by atoms with van der Waals surface area (Å²) in [4.78, 5) is 11.9. The topological polar surface area (TPSA) is 106 Å². The van der Waals surface area contributed by atoms with Crippen molar-refractivity contribution in [2.75, 3.05) is 17.6 Å². The molecular formula is C13H25N5O2. The Kier molecular flexibility index (Phi) is 5.50. The van der Waals surface area contributed by atoms with Gasteiger partial charge in [-0.2, -0.15) is 15.0 Å². The van der Waals surface area contributed by atoms with Gasteiger partial charge >= 0.3 is 6.01 Å². The first-order valence-electron chi connectivity index (χ1n) is 6.76. The molecule has 1 heterocycles. The summed E-state index contributed by atoms with van der Waals surface area (Å²) in [6.45, 7) is 10.3. The molecule has 1 aromatic rings. The van der Waals surface area contributed by atoms with Crippen molar-refractivity contribution in [3.05, 3.63) is 0 Å². The van der Waals surface area contributed by atoms with E-state index in [9.17, 15) is 5.11 Å². The number of anilines is 2. The Morgan fingerprint density at radius 1 is 1.25 bits per heavy atom. The maximum atomic E-state index is 9.93. The van der Waals surface area contributed by atoms with Crippen LogP contribution in [0.15, 0.2) is 0 Å². The number of aromatic nitrogens is 3. The van der Waals surface area contributed by atoms with Crippen molar-refractivity contribution in [3.8, 4) is 6.01 Å². The van der Waals surface area contributed by atoms with Gasteiger partial charge in [-0.25, -0.2) is 0 Å². The maximum Gasteiger partial charge on any atom is 0.323 e. The molecule has 0 aliphatic heterocycles. The molecule has 0 fully saturated rings. The first kappa shape index (κ1) is 16.4. The molecule has 1 atom stereocenters. The Bertz CT molecular complexity index is 431. The summed E-state index contributed by atoms with van der Waals surface area (Å²) in [6.07, 6.45) is 0.147. The second-order valence-electron chi connectivity index (χ2n) is 6.27. The molecule has 0 aromatic carbocycles. The fourth-order valence-corrected chi connectivity index (χ4v) is 1.70. The quantitative estimate of drug-likeness (QED) is 0.725. The monoisotopic (exact) mass is 283 g/mol. The van der Waals surface area contributed by atoms with Crippen molar-refractivity contribution in [1.82, 2.24) is 15.0 Å². The predicted octanol–water partition coefficient (Wildman–Crippen LogP) is 1.45. The van der Waals surface area contributed by atoms with E-state index in [2.05, 4.69) is 41.0 Å². The summed E-state index contributed by atoms with van der Waals surface area (Å²) >= 11 is 0. The lowest BCUT2D eigenvalue weighted by Gasteiger charge is -2.22. The lowest BCUT2D eigenvalue weighted by atomic mass is 9.89. The SMILES string of the molecule is CC(C)Oc1nc(N)nc(NCC(O)CC(C)(C)C)n1. The smallest absolute Gasteiger partial charge is 0.323 e. The van der Waals surface area contributed by atoms with Crippen molar-refractivity contribution < 1.29 is 9.84 Å². The van der Waals surface area contributed by atoms with E-state index < -0.39 is 6.10 Å². The maximum absolute atomic E-state index is 9.93. The first-order chi connectivity index (χ1) is 9.15. The number of ether oxygens (including phenoxy) is 1. The number of rotatable bonds is 6. The lowest BCUT2D eigenvalue weighted by molar-refractivity contribution is 0.132. The zero-order valence-electron chi connectivity index (χ0n) is 12.8. The molecule has 0 amide bonds. The highest BCUT2D eigenvalue weighted by atomic mass is 16.5. The van der Waals surface area contributed by atoms with Gasteiger partial charge in [0.15, 0.2) is 0 Å². The van der Waals surface area contributed by atoms with Crippen molar-refractivity contribution in [2.45, 2.75) is 53.2 Å². The molecule has 0 aliphatic carbocycles. The van der Waals surface area contributed by atoms with Crippen molar-refractivity contribution >= 4 is 11.9 Å². The van der Waals surface area contributed by atoms with Gasteiger partial charge in [0.1, 0.15) is 0 Å². The van der Waals surface area contributed by atoms with Crippen LogP contribution in [-0.4, -0.2) is 38.8 Å². The summed E-state index contributed by atoms with van der Waals surface area (Å²) < 4.78 is 5.38. The molecule has 1 aromatic heterocycles. The van der Waals surface area contributed by atoms with Crippen LogP contribution in [0.5, 0.6) is 6.01 Å². The molecular weight excluding hydrogens is 258 g/mol. The van der Waals surface area contributed by atoms with E-state index in [1.807, 2.05) is 13.8 Å². The van der Waals surface area contributed by atoms with Crippen molar-refractivity contribution in [2.24, 2.45) is 5.41 Å². The molecule has 0 saturated carbocycles. The highest BCUT2D eigenvalue weighted by molar-refractivity contribution is 5.32. The van der Waals surface area contributed by atoms with E-state index in [4.69, 9.17) is 10.5 Å². The third-order valence-corrected chi connectivity index (χ3v) is 2.32. The van der Waals surface area contributed by atoms with Gasteiger partial charge in [0.2, 0.25) is 11.9 Å². The standard InChI is InChI=1S/C13H25N5O2/c1-8(2)20-12-17-10(14)16-11(18-12)15-7-9(19)6-13(3,4)5/h8-9,19H,6-7H2,1-5H3,(H3,14,15,16,17,18). The second kappa shape index (κ2) is 6.69. The van der Waals surface area contributed by atoms with Gasteiger partial charge in [0.25, 0.3) is 0 Å². The van der Waals surface area contributed by atoms with E-state index in [0.29, 0.717) is 18.9 Å². The minimum atomic E-state index is -0.484. The number of nitrogens with two attached hydrogens (primary N) is 1. The average molecular weight is 283 g/mol. The fourth-order valence-electron chi connectivity index (χ4n) is 1.70.